The second kappa shape index (κ2) is 7.64. The molecule has 124 valence electrons. The van der Waals surface area contributed by atoms with E-state index < -0.39 is 0 Å². The second-order valence-corrected chi connectivity index (χ2v) is 5.60. The molecule has 0 amide bonds. The zero-order valence-electron chi connectivity index (χ0n) is 13.6. The molecule has 24 heavy (non-hydrogen) atoms. The van der Waals surface area contributed by atoms with Crippen LogP contribution < -0.4 is 4.74 Å². The molecule has 5 nitrogen and oxygen atoms in total. The van der Waals surface area contributed by atoms with Gasteiger partial charge < -0.3 is 14.3 Å². The summed E-state index contributed by atoms with van der Waals surface area (Å²) < 4.78 is 11.2. The first-order chi connectivity index (χ1) is 11.7. The lowest BCUT2D eigenvalue weighted by Gasteiger charge is -2.15. The van der Waals surface area contributed by atoms with Crippen molar-refractivity contribution in [2.75, 3.05) is 13.2 Å². The number of oxime groups is 1. The lowest BCUT2D eigenvalue weighted by Crippen LogP contribution is -2.25. The van der Waals surface area contributed by atoms with Crippen LogP contribution in [0.3, 0.4) is 0 Å². The molecule has 0 aliphatic carbocycles. The third kappa shape index (κ3) is 4.13. The summed E-state index contributed by atoms with van der Waals surface area (Å²) >= 11 is 0. The molecule has 0 radical (unpaired) electrons. The molecule has 1 aliphatic rings. The van der Waals surface area contributed by atoms with Gasteiger partial charge in [-0.3, -0.25) is 5.41 Å². The molecule has 0 saturated carbocycles. The average Bonchev–Trinajstić information content (AvgIpc) is 2.64. The number of benzene rings is 2. The Kier molecular flexibility index (Phi) is 5.11. The van der Waals surface area contributed by atoms with E-state index in [1.807, 2.05) is 55.5 Å². The van der Waals surface area contributed by atoms with Crippen molar-refractivity contribution in [1.82, 2.24) is 0 Å². The van der Waals surface area contributed by atoms with Crippen LogP contribution in [0.15, 0.2) is 53.7 Å². The SMILES string of the molecule is Cc1ccc(OCc2ccccc2)cc1CC(=N)C1=NOCCO1. The monoisotopic (exact) mass is 324 g/mol. The van der Waals surface area contributed by atoms with Gasteiger partial charge in [-0.05, 0) is 40.9 Å². The number of ether oxygens (including phenoxy) is 2. The van der Waals surface area contributed by atoms with Crippen LogP contribution in [-0.2, 0) is 22.6 Å². The summed E-state index contributed by atoms with van der Waals surface area (Å²) in [7, 11) is 0. The zero-order valence-corrected chi connectivity index (χ0v) is 13.6. The van der Waals surface area contributed by atoms with Crippen LogP contribution in [0.5, 0.6) is 5.75 Å². The number of hydrogen-bond acceptors (Lipinski definition) is 5. The Morgan fingerprint density at radius 3 is 2.75 bits per heavy atom. The lowest BCUT2D eigenvalue weighted by molar-refractivity contribution is 0.0674. The first-order valence-corrected chi connectivity index (χ1v) is 7.89. The molecule has 0 fully saturated rings. The van der Waals surface area contributed by atoms with Crippen molar-refractivity contribution in [2.45, 2.75) is 20.0 Å². The van der Waals surface area contributed by atoms with E-state index in [2.05, 4.69) is 5.16 Å². The minimum Gasteiger partial charge on any atom is -0.489 e. The highest BCUT2D eigenvalue weighted by Crippen LogP contribution is 2.20. The van der Waals surface area contributed by atoms with Gasteiger partial charge in [0, 0.05) is 6.42 Å². The molecule has 0 aromatic heterocycles. The summed E-state index contributed by atoms with van der Waals surface area (Å²) in [6.45, 7) is 3.40. The van der Waals surface area contributed by atoms with Crippen molar-refractivity contribution in [3.63, 3.8) is 0 Å². The van der Waals surface area contributed by atoms with Gasteiger partial charge in [-0.15, -0.1) is 0 Å². The molecule has 1 aliphatic heterocycles. The van der Waals surface area contributed by atoms with E-state index in [1.54, 1.807) is 0 Å². The minimum absolute atomic E-state index is 0.260. The van der Waals surface area contributed by atoms with Gasteiger partial charge in [-0.25, -0.2) is 0 Å². The summed E-state index contributed by atoms with van der Waals surface area (Å²) in [6.07, 6.45) is 0.427. The van der Waals surface area contributed by atoms with Crippen LogP contribution in [0.1, 0.15) is 16.7 Å². The van der Waals surface area contributed by atoms with Crippen molar-refractivity contribution in [3.8, 4) is 5.75 Å². The van der Waals surface area contributed by atoms with Gasteiger partial charge >= 0.3 is 0 Å². The number of rotatable bonds is 6. The van der Waals surface area contributed by atoms with Crippen molar-refractivity contribution >= 4 is 11.6 Å². The van der Waals surface area contributed by atoms with E-state index in [4.69, 9.17) is 19.7 Å². The van der Waals surface area contributed by atoms with E-state index in [-0.39, 0.29) is 5.90 Å². The van der Waals surface area contributed by atoms with Crippen LogP contribution in [0.25, 0.3) is 0 Å². The number of hydrogen-bond donors (Lipinski definition) is 1. The first-order valence-electron chi connectivity index (χ1n) is 7.89. The minimum atomic E-state index is 0.260. The topological polar surface area (TPSA) is 63.9 Å². The fourth-order valence-corrected chi connectivity index (χ4v) is 2.38. The molecule has 2 aromatic carbocycles. The maximum absolute atomic E-state index is 8.15. The maximum atomic E-state index is 8.15. The third-order valence-corrected chi connectivity index (χ3v) is 3.76. The Hall–Kier alpha value is -2.82. The summed E-state index contributed by atoms with van der Waals surface area (Å²) in [4.78, 5) is 4.98. The van der Waals surface area contributed by atoms with Crippen LogP contribution in [-0.4, -0.2) is 24.8 Å². The van der Waals surface area contributed by atoms with Crippen molar-refractivity contribution < 1.29 is 14.3 Å². The number of aryl methyl sites for hydroxylation is 1. The Labute approximate surface area is 141 Å². The summed E-state index contributed by atoms with van der Waals surface area (Å²) in [5.41, 5.74) is 3.54. The Morgan fingerprint density at radius 1 is 1.17 bits per heavy atom. The Bertz CT molecular complexity index is 742. The second-order valence-electron chi connectivity index (χ2n) is 5.60. The molecular weight excluding hydrogens is 304 g/mol. The van der Waals surface area contributed by atoms with Crippen LogP contribution >= 0.6 is 0 Å². The smallest absolute Gasteiger partial charge is 0.271 e. The number of nitrogens with zero attached hydrogens (tertiary/aromatic N) is 1. The van der Waals surface area contributed by atoms with E-state index in [1.165, 1.54) is 0 Å². The molecule has 1 N–H and O–H groups in total. The van der Waals surface area contributed by atoms with Crippen LogP contribution in [0, 0.1) is 12.3 Å². The Balaban J connectivity index is 1.67. The quantitative estimate of drug-likeness (QED) is 0.827. The normalized spacial score (nSPS) is 13.5. The van der Waals surface area contributed by atoms with Gasteiger partial charge in [0.15, 0.2) is 6.61 Å². The molecule has 2 aromatic rings. The maximum Gasteiger partial charge on any atom is 0.271 e. The molecule has 1 heterocycles. The first kappa shape index (κ1) is 16.1. The zero-order chi connectivity index (χ0) is 16.8. The Morgan fingerprint density at radius 2 is 2.00 bits per heavy atom. The van der Waals surface area contributed by atoms with Crippen molar-refractivity contribution in [1.29, 1.82) is 5.41 Å². The van der Waals surface area contributed by atoms with Gasteiger partial charge in [0.2, 0.25) is 0 Å². The van der Waals surface area contributed by atoms with Crippen LogP contribution in [0.4, 0.5) is 0 Å². The highest BCUT2D eigenvalue weighted by molar-refractivity contribution is 6.38. The van der Waals surface area contributed by atoms with E-state index in [0.717, 1.165) is 22.4 Å². The predicted molar refractivity (Wildman–Crippen MR) is 92.7 cm³/mol. The molecule has 3 rings (SSSR count). The van der Waals surface area contributed by atoms with Crippen molar-refractivity contribution in [3.05, 3.63) is 65.2 Å². The predicted octanol–water partition coefficient (Wildman–Crippen LogP) is 3.50. The van der Waals surface area contributed by atoms with Crippen molar-refractivity contribution in [2.24, 2.45) is 5.16 Å². The summed E-state index contributed by atoms with van der Waals surface area (Å²) in [5.74, 6) is 1.05. The highest BCUT2D eigenvalue weighted by atomic mass is 16.7. The lowest BCUT2D eigenvalue weighted by atomic mass is 10.0. The molecule has 0 spiro atoms. The van der Waals surface area contributed by atoms with Gasteiger partial charge in [-0.2, -0.15) is 0 Å². The van der Waals surface area contributed by atoms with E-state index in [9.17, 15) is 0 Å². The largest absolute Gasteiger partial charge is 0.489 e. The molecule has 0 saturated heterocycles. The summed E-state index contributed by atoms with van der Waals surface area (Å²) in [6, 6.07) is 16.0. The highest BCUT2D eigenvalue weighted by Gasteiger charge is 2.15. The summed E-state index contributed by atoms with van der Waals surface area (Å²) in [5, 5.41) is 11.9. The van der Waals surface area contributed by atoms with Gasteiger partial charge in [0.05, 0.1) is 0 Å². The fourth-order valence-electron chi connectivity index (χ4n) is 2.38. The number of nitrogens with one attached hydrogen (secondary N) is 1. The molecule has 0 atom stereocenters. The standard InChI is InChI=1S/C19H20N2O3/c1-14-7-8-17(23-13-15-5-3-2-4-6-15)11-16(14)12-18(20)19-21-24-10-9-22-19/h2-8,11,20H,9-10,12-13H2,1H3. The van der Waals surface area contributed by atoms with Gasteiger partial charge in [-0.1, -0.05) is 36.4 Å². The van der Waals surface area contributed by atoms with Crippen LogP contribution in [0.2, 0.25) is 0 Å². The van der Waals surface area contributed by atoms with E-state index in [0.29, 0.717) is 32.0 Å². The van der Waals surface area contributed by atoms with Gasteiger partial charge in [0.25, 0.3) is 5.90 Å². The molecule has 5 heteroatoms. The third-order valence-electron chi connectivity index (χ3n) is 3.76. The fraction of sp³-hybridized carbons (Fsp3) is 0.263. The average molecular weight is 324 g/mol. The molecule has 0 bridgehead atoms. The molecule has 0 unspecified atom stereocenters. The molecular formula is C19H20N2O3. The van der Waals surface area contributed by atoms with Gasteiger partial charge in [0.1, 0.15) is 24.7 Å². The van der Waals surface area contributed by atoms with E-state index >= 15 is 0 Å².